The molecular formula is C9H7NO2. The van der Waals surface area contributed by atoms with Gasteiger partial charge in [-0.25, -0.2) is 4.79 Å². The van der Waals surface area contributed by atoms with E-state index in [1.165, 1.54) is 6.20 Å². The SMILES string of the molecule is C#Cc1cc(C)ncc1C(=O)O. The number of carboxylic acid groups (broad SMARTS) is 1. The van der Waals surface area contributed by atoms with E-state index in [0.29, 0.717) is 11.3 Å². The molecule has 0 fully saturated rings. The highest BCUT2D eigenvalue weighted by Gasteiger charge is 2.08. The summed E-state index contributed by atoms with van der Waals surface area (Å²) >= 11 is 0. The van der Waals surface area contributed by atoms with Crippen LogP contribution in [0.1, 0.15) is 21.6 Å². The first-order chi connectivity index (χ1) is 5.65. The third-order valence-corrected chi connectivity index (χ3v) is 1.43. The molecule has 0 aliphatic rings. The smallest absolute Gasteiger partial charge is 0.338 e. The molecule has 0 amide bonds. The highest BCUT2D eigenvalue weighted by molar-refractivity contribution is 5.90. The number of carbonyl (C=O) groups is 1. The number of terminal acetylenes is 1. The van der Waals surface area contributed by atoms with Crippen molar-refractivity contribution in [3.63, 3.8) is 0 Å². The second kappa shape index (κ2) is 3.05. The number of hydrogen-bond acceptors (Lipinski definition) is 2. The maximum absolute atomic E-state index is 10.6. The van der Waals surface area contributed by atoms with Gasteiger partial charge in [0.2, 0.25) is 0 Å². The van der Waals surface area contributed by atoms with Crippen LogP contribution in [0.2, 0.25) is 0 Å². The van der Waals surface area contributed by atoms with Gasteiger partial charge in [0.1, 0.15) is 0 Å². The van der Waals surface area contributed by atoms with E-state index in [4.69, 9.17) is 11.5 Å². The van der Waals surface area contributed by atoms with Crippen molar-refractivity contribution in [3.8, 4) is 12.3 Å². The molecule has 0 bridgehead atoms. The number of rotatable bonds is 1. The largest absolute Gasteiger partial charge is 0.478 e. The Labute approximate surface area is 70.1 Å². The zero-order valence-corrected chi connectivity index (χ0v) is 6.53. The van der Waals surface area contributed by atoms with Crippen LogP contribution in [-0.4, -0.2) is 16.1 Å². The number of aromatic carboxylic acids is 1. The fourth-order valence-corrected chi connectivity index (χ4v) is 0.850. The average Bonchev–Trinajstić information content (AvgIpc) is 2.03. The van der Waals surface area contributed by atoms with Crippen LogP contribution in [0.3, 0.4) is 0 Å². The molecule has 60 valence electrons. The summed E-state index contributed by atoms with van der Waals surface area (Å²) in [6, 6.07) is 1.57. The Morgan fingerprint density at radius 3 is 2.92 bits per heavy atom. The van der Waals surface area contributed by atoms with Crippen LogP contribution in [0.25, 0.3) is 0 Å². The first-order valence-corrected chi connectivity index (χ1v) is 3.31. The van der Waals surface area contributed by atoms with Gasteiger partial charge >= 0.3 is 5.97 Å². The maximum Gasteiger partial charge on any atom is 0.338 e. The molecule has 1 aromatic rings. The van der Waals surface area contributed by atoms with E-state index in [1.54, 1.807) is 13.0 Å². The Hall–Kier alpha value is -1.82. The predicted molar refractivity (Wildman–Crippen MR) is 43.9 cm³/mol. The van der Waals surface area contributed by atoms with Gasteiger partial charge in [0.05, 0.1) is 5.56 Å². The van der Waals surface area contributed by atoms with Crippen LogP contribution in [0.15, 0.2) is 12.3 Å². The van der Waals surface area contributed by atoms with E-state index in [0.717, 1.165) is 0 Å². The minimum atomic E-state index is -1.05. The lowest BCUT2D eigenvalue weighted by Crippen LogP contribution is -2.01. The number of pyridine rings is 1. The summed E-state index contributed by atoms with van der Waals surface area (Å²) in [5.41, 5.74) is 1.16. The lowest BCUT2D eigenvalue weighted by Gasteiger charge is -1.98. The molecule has 3 heteroatoms. The van der Waals surface area contributed by atoms with Gasteiger partial charge in [0.15, 0.2) is 0 Å². The summed E-state index contributed by atoms with van der Waals surface area (Å²) < 4.78 is 0. The van der Waals surface area contributed by atoms with Crippen molar-refractivity contribution in [2.24, 2.45) is 0 Å². The molecule has 1 heterocycles. The molecule has 0 aromatic carbocycles. The predicted octanol–water partition coefficient (Wildman–Crippen LogP) is 1.07. The molecular weight excluding hydrogens is 154 g/mol. The number of nitrogens with zero attached hydrogens (tertiary/aromatic N) is 1. The first kappa shape index (κ1) is 8.28. The van der Waals surface area contributed by atoms with Crippen molar-refractivity contribution >= 4 is 5.97 Å². The Morgan fingerprint density at radius 2 is 2.42 bits per heavy atom. The van der Waals surface area contributed by atoms with Gasteiger partial charge < -0.3 is 5.11 Å². The molecule has 0 unspecified atom stereocenters. The topological polar surface area (TPSA) is 50.2 Å². The van der Waals surface area contributed by atoms with Gasteiger partial charge in [0.25, 0.3) is 0 Å². The van der Waals surface area contributed by atoms with Crippen LogP contribution in [0.4, 0.5) is 0 Å². The van der Waals surface area contributed by atoms with Gasteiger partial charge in [0, 0.05) is 17.5 Å². The van der Waals surface area contributed by atoms with Crippen LogP contribution in [-0.2, 0) is 0 Å². The second-order valence-electron chi connectivity index (χ2n) is 2.32. The van der Waals surface area contributed by atoms with Gasteiger partial charge in [-0.05, 0) is 13.0 Å². The van der Waals surface area contributed by atoms with Gasteiger partial charge in [-0.15, -0.1) is 6.42 Å². The van der Waals surface area contributed by atoms with E-state index in [-0.39, 0.29) is 5.56 Å². The molecule has 0 atom stereocenters. The van der Waals surface area contributed by atoms with Gasteiger partial charge in [-0.3, -0.25) is 4.98 Å². The second-order valence-corrected chi connectivity index (χ2v) is 2.32. The number of carboxylic acids is 1. The molecule has 0 aliphatic heterocycles. The Bertz CT molecular complexity index is 363. The summed E-state index contributed by atoms with van der Waals surface area (Å²) in [4.78, 5) is 14.4. The van der Waals surface area contributed by atoms with Crippen molar-refractivity contribution in [2.45, 2.75) is 6.92 Å². The van der Waals surface area contributed by atoms with Crippen molar-refractivity contribution in [1.82, 2.24) is 4.98 Å². The van der Waals surface area contributed by atoms with Crippen molar-refractivity contribution in [1.29, 1.82) is 0 Å². The zero-order chi connectivity index (χ0) is 9.14. The monoisotopic (exact) mass is 161 g/mol. The quantitative estimate of drug-likeness (QED) is 0.627. The minimum absolute atomic E-state index is 0.0723. The minimum Gasteiger partial charge on any atom is -0.478 e. The van der Waals surface area contributed by atoms with Crippen molar-refractivity contribution in [3.05, 3.63) is 29.1 Å². The summed E-state index contributed by atoms with van der Waals surface area (Å²) in [6.45, 7) is 1.76. The first-order valence-electron chi connectivity index (χ1n) is 3.31. The van der Waals surface area contributed by atoms with E-state index in [1.807, 2.05) is 0 Å². The lowest BCUT2D eigenvalue weighted by molar-refractivity contribution is 0.0696. The molecule has 0 saturated carbocycles. The average molecular weight is 161 g/mol. The third kappa shape index (κ3) is 1.43. The van der Waals surface area contributed by atoms with Crippen LogP contribution in [0, 0.1) is 19.3 Å². The summed E-state index contributed by atoms with van der Waals surface area (Å²) in [5, 5.41) is 8.65. The molecule has 1 aromatic heterocycles. The molecule has 1 rings (SSSR count). The van der Waals surface area contributed by atoms with Crippen LogP contribution >= 0.6 is 0 Å². The molecule has 0 spiro atoms. The Balaban J connectivity index is 3.32. The molecule has 0 radical (unpaired) electrons. The highest BCUT2D eigenvalue weighted by Crippen LogP contribution is 2.07. The molecule has 1 N–H and O–H groups in total. The van der Waals surface area contributed by atoms with Crippen LogP contribution < -0.4 is 0 Å². The molecule has 0 aliphatic carbocycles. The number of aromatic nitrogens is 1. The molecule has 12 heavy (non-hydrogen) atoms. The van der Waals surface area contributed by atoms with Gasteiger partial charge in [-0.1, -0.05) is 5.92 Å². The normalized spacial score (nSPS) is 9.00. The summed E-state index contributed by atoms with van der Waals surface area (Å²) in [5.74, 6) is 1.25. The summed E-state index contributed by atoms with van der Waals surface area (Å²) in [7, 11) is 0. The Morgan fingerprint density at radius 1 is 1.75 bits per heavy atom. The number of hydrogen-bond donors (Lipinski definition) is 1. The standard InChI is InChI=1S/C9H7NO2/c1-3-7-4-6(2)10-5-8(7)9(11)12/h1,4-5H,2H3,(H,11,12). The zero-order valence-electron chi connectivity index (χ0n) is 6.53. The maximum atomic E-state index is 10.6. The molecule has 0 saturated heterocycles. The Kier molecular flexibility index (Phi) is 2.11. The van der Waals surface area contributed by atoms with Crippen LogP contribution in [0.5, 0.6) is 0 Å². The highest BCUT2D eigenvalue weighted by atomic mass is 16.4. The fourth-order valence-electron chi connectivity index (χ4n) is 0.850. The lowest BCUT2D eigenvalue weighted by atomic mass is 10.1. The van der Waals surface area contributed by atoms with E-state index < -0.39 is 5.97 Å². The van der Waals surface area contributed by atoms with E-state index >= 15 is 0 Å². The fraction of sp³-hybridized carbons (Fsp3) is 0.111. The summed E-state index contributed by atoms with van der Waals surface area (Å²) in [6.07, 6.45) is 6.39. The number of aryl methyl sites for hydroxylation is 1. The third-order valence-electron chi connectivity index (χ3n) is 1.43. The molecule has 3 nitrogen and oxygen atoms in total. The van der Waals surface area contributed by atoms with E-state index in [2.05, 4.69) is 10.9 Å². The van der Waals surface area contributed by atoms with Gasteiger partial charge in [-0.2, -0.15) is 0 Å². The van der Waals surface area contributed by atoms with Crippen molar-refractivity contribution < 1.29 is 9.90 Å². The van der Waals surface area contributed by atoms with E-state index in [9.17, 15) is 4.79 Å². The van der Waals surface area contributed by atoms with Crippen molar-refractivity contribution in [2.75, 3.05) is 0 Å².